The van der Waals surface area contributed by atoms with Gasteiger partial charge in [0.2, 0.25) is 10.0 Å². The van der Waals surface area contributed by atoms with Crippen molar-refractivity contribution in [2.75, 3.05) is 26.2 Å². The number of hydrogen-bond acceptors (Lipinski definition) is 7. The molecular formula is C14H14N4O5S2. The molecule has 1 aromatic carbocycles. The number of thiazole rings is 1. The van der Waals surface area contributed by atoms with Gasteiger partial charge in [0.15, 0.2) is 0 Å². The summed E-state index contributed by atoms with van der Waals surface area (Å²) in [5.41, 5.74) is 1.63. The van der Waals surface area contributed by atoms with Gasteiger partial charge in [0, 0.05) is 43.7 Å². The molecule has 1 aliphatic rings. The standard InChI is InChI=1S/C14H14N4O5S2/c19-14(13-9-24-10-15-13)16-4-6-17(7-5-16)25(22,23)12-3-1-2-11(8-12)18(20)21/h1-3,8-10H,4-7H2. The van der Waals surface area contributed by atoms with Crippen molar-refractivity contribution < 1.29 is 18.1 Å². The summed E-state index contributed by atoms with van der Waals surface area (Å²) in [6, 6.07) is 4.95. The first kappa shape index (κ1) is 17.5. The van der Waals surface area contributed by atoms with Crippen molar-refractivity contribution in [3.63, 3.8) is 0 Å². The summed E-state index contributed by atoms with van der Waals surface area (Å²) in [5.74, 6) is -0.228. The molecule has 132 valence electrons. The monoisotopic (exact) mass is 382 g/mol. The summed E-state index contributed by atoms with van der Waals surface area (Å²) >= 11 is 1.32. The minimum absolute atomic E-state index is 0.124. The molecule has 11 heteroatoms. The molecule has 1 amide bonds. The lowest BCUT2D eigenvalue weighted by Gasteiger charge is -2.33. The number of amides is 1. The van der Waals surface area contributed by atoms with Gasteiger partial charge in [-0.2, -0.15) is 4.31 Å². The van der Waals surface area contributed by atoms with Crippen molar-refractivity contribution >= 4 is 33.0 Å². The zero-order valence-electron chi connectivity index (χ0n) is 12.9. The Labute approximate surface area is 147 Å². The van der Waals surface area contributed by atoms with Gasteiger partial charge in [-0.05, 0) is 6.07 Å². The van der Waals surface area contributed by atoms with Crippen LogP contribution in [0.25, 0.3) is 0 Å². The fourth-order valence-electron chi connectivity index (χ4n) is 2.52. The van der Waals surface area contributed by atoms with Gasteiger partial charge in [-0.1, -0.05) is 6.07 Å². The minimum atomic E-state index is -3.84. The van der Waals surface area contributed by atoms with Crippen LogP contribution in [0.1, 0.15) is 10.5 Å². The topological polar surface area (TPSA) is 114 Å². The van der Waals surface area contributed by atoms with E-state index in [-0.39, 0.29) is 42.7 Å². The molecule has 25 heavy (non-hydrogen) atoms. The molecule has 0 unspecified atom stereocenters. The van der Waals surface area contributed by atoms with Crippen molar-refractivity contribution in [3.05, 3.63) is 51.0 Å². The second-order valence-corrected chi connectivity index (χ2v) is 7.98. The number of non-ortho nitro benzene ring substituents is 1. The quantitative estimate of drug-likeness (QED) is 0.580. The van der Waals surface area contributed by atoms with E-state index in [1.807, 2.05) is 0 Å². The van der Waals surface area contributed by atoms with E-state index >= 15 is 0 Å². The maximum absolute atomic E-state index is 12.7. The van der Waals surface area contributed by atoms with Gasteiger partial charge in [-0.15, -0.1) is 11.3 Å². The highest BCUT2D eigenvalue weighted by molar-refractivity contribution is 7.89. The maximum Gasteiger partial charge on any atom is 0.273 e. The predicted molar refractivity (Wildman–Crippen MR) is 89.9 cm³/mol. The highest BCUT2D eigenvalue weighted by Crippen LogP contribution is 2.22. The number of nitro benzene ring substituents is 1. The third-order valence-corrected chi connectivity index (χ3v) is 6.32. The molecule has 0 spiro atoms. The van der Waals surface area contributed by atoms with Crippen LogP contribution >= 0.6 is 11.3 Å². The van der Waals surface area contributed by atoms with E-state index in [0.717, 1.165) is 6.07 Å². The smallest absolute Gasteiger partial charge is 0.273 e. The number of rotatable bonds is 4. The Morgan fingerprint density at radius 2 is 1.96 bits per heavy atom. The minimum Gasteiger partial charge on any atom is -0.335 e. The van der Waals surface area contributed by atoms with Crippen LogP contribution in [-0.4, -0.2) is 59.6 Å². The molecule has 0 aliphatic carbocycles. The van der Waals surface area contributed by atoms with Crippen molar-refractivity contribution in [3.8, 4) is 0 Å². The fourth-order valence-corrected chi connectivity index (χ4v) is 4.51. The molecule has 0 bridgehead atoms. The Kier molecular flexibility index (Phi) is 4.79. The molecule has 1 fully saturated rings. The van der Waals surface area contributed by atoms with Gasteiger partial charge in [0.25, 0.3) is 11.6 Å². The van der Waals surface area contributed by atoms with Crippen LogP contribution in [0.15, 0.2) is 40.1 Å². The molecule has 2 heterocycles. The van der Waals surface area contributed by atoms with Crippen LogP contribution in [0.3, 0.4) is 0 Å². The lowest BCUT2D eigenvalue weighted by molar-refractivity contribution is -0.385. The van der Waals surface area contributed by atoms with E-state index in [9.17, 15) is 23.3 Å². The molecule has 3 rings (SSSR count). The Balaban J connectivity index is 1.72. The third-order valence-electron chi connectivity index (χ3n) is 3.84. The number of carbonyl (C=O) groups excluding carboxylic acids is 1. The highest BCUT2D eigenvalue weighted by Gasteiger charge is 2.31. The summed E-state index contributed by atoms with van der Waals surface area (Å²) in [6.45, 7) is 0.733. The van der Waals surface area contributed by atoms with Crippen LogP contribution in [0, 0.1) is 10.1 Å². The Hall–Kier alpha value is -2.37. The number of sulfonamides is 1. The van der Waals surface area contributed by atoms with Crippen molar-refractivity contribution in [1.29, 1.82) is 0 Å². The van der Waals surface area contributed by atoms with Gasteiger partial charge >= 0.3 is 0 Å². The lowest BCUT2D eigenvalue weighted by Crippen LogP contribution is -2.50. The van der Waals surface area contributed by atoms with E-state index in [1.165, 1.54) is 33.8 Å². The second kappa shape index (κ2) is 6.86. The van der Waals surface area contributed by atoms with Gasteiger partial charge in [-0.3, -0.25) is 14.9 Å². The summed E-state index contributed by atoms with van der Waals surface area (Å²) in [4.78, 5) is 27.8. The summed E-state index contributed by atoms with van der Waals surface area (Å²) < 4.78 is 26.5. The lowest BCUT2D eigenvalue weighted by atomic mass is 10.3. The number of piperazine rings is 1. The highest BCUT2D eigenvalue weighted by atomic mass is 32.2. The van der Waals surface area contributed by atoms with Crippen molar-refractivity contribution in [2.45, 2.75) is 4.90 Å². The number of nitro groups is 1. The maximum atomic E-state index is 12.7. The zero-order valence-corrected chi connectivity index (χ0v) is 14.6. The molecule has 9 nitrogen and oxygen atoms in total. The summed E-state index contributed by atoms with van der Waals surface area (Å²) in [6.07, 6.45) is 0. The normalized spacial score (nSPS) is 15.9. The SMILES string of the molecule is O=C(c1cscn1)N1CCN(S(=O)(=O)c2cccc([N+](=O)[O-])c2)CC1. The van der Waals surface area contributed by atoms with Crippen LogP contribution in [0.5, 0.6) is 0 Å². The molecular weight excluding hydrogens is 368 g/mol. The average molecular weight is 382 g/mol. The fraction of sp³-hybridized carbons (Fsp3) is 0.286. The summed E-state index contributed by atoms with van der Waals surface area (Å²) in [5, 5.41) is 12.5. The van der Waals surface area contributed by atoms with Crippen LogP contribution in [-0.2, 0) is 10.0 Å². The second-order valence-electron chi connectivity index (χ2n) is 5.32. The molecule has 1 aromatic heterocycles. The number of benzene rings is 1. The van der Waals surface area contributed by atoms with E-state index < -0.39 is 14.9 Å². The van der Waals surface area contributed by atoms with Gasteiger partial charge in [-0.25, -0.2) is 13.4 Å². The first-order valence-corrected chi connectivity index (χ1v) is 9.70. The van der Waals surface area contributed by atoms with Crippen LogP contribution < -0.4 is 0 Å². The van der Waals surface area contributed by atoms with Crippen LogP contribution in [0.4, 0.5) is 5.69 Å². The number of hydrogen-bond donors (Lipinski definition) is 0. The van der Waals surface area contributed by atoms with Gasteiger partial charge in [0.05, 0.1) is 15.3 Å². The predicted octanol–water partition coefficient (Wildman–Crippen LogP) is 1.20. The van der Waals surface area contributed by atoms with E-state index in [4.69, 9.17) is 0 Å². The van der Waals surface area contributed by atoms with Crippen molar-refractivity contribution in [2.24, 2.45) is 0 Å². The third kappa shape index (κ3) is 3.52. The Bertz CT molecular complexity index is 890. The van der Waals surface area contributed by atoms with Gasteiger partial charge in [0.1, 0.15) is 5.69 Å². The van der Waals surface area contributed by atoms with E-state index in [2.05, 4.69) is 4.98 Å². The van der Waals surface area contributed by atoms with E-state index in [0.29, 0.717) is 5.69 Å². The van der Waals surface area contributed by atoms with Crippen LogP contribution in [0.2, 0.25) is 0 Å². The average Bonchev–Trinajstić information content (AvgIpc) is 3.16. The Morgan fingerprint density at radius 3 is 2.56 bits per heavy atom. The largest absolute Gasteiger partial charge is 0.335 e. The van der Waals surface area contributed by atoms with Gasteiger partial charge < -0.3 is 4.90 Å². The molecule has 0 atom stereocenters. The summed E-state index contributed by atoms with van der Waals surface area (Å²) in [7, 11) is -3.84. The molecule has 2 aromatic rings. The van der Waals surface area contributed by atoms with E-state index in [1.54, 1.807) is 15.8 Å². The molecule has 0 N–H and O–H groups in total. The number of aromatic nitrogens is 1. The molecule has 1 saturated heterocycles. The van der Waals surface area contributed by atoms with Crippen molar-refractivity contribution in [1.82, 2.24) is 14.2 Å². The first-order valence-electron chi connectivity index (χ1n) is 7.31. The first-order chi connectivity index (χ1) is 11.9. The Morgan fingerprint density at radius 1 is 1.24 bits per heavy atom. The zero-order chi connectivity index (χ0) is 18.0. The molecule has 1 aliphatic heterocycles. The number of nitrogens with zero attached hydrogens (tertiary/aromatic N) is 4. The molecule has 0 radical (unpaired) electrons. The molecule has 0 saturated carbocycles. The number of carbonyl (C=O) groups is 1.